The molecule has 2 unspecified atom stereocenters. The van der Waals surface area contributed by atoms with Gasteiger partial charge in [-0.3, -0.25) is 0 Å². The Labute approximate surface area is 171 Å². The number of nitrogens with zero attached hydrogens (tertiary/aromatic N) is 1. The summed E-state index contributed by atoms with van der Waals surface area (Å²) in [6, 6.07) is 7.78. The van der Waals surface area contributed by atoms with Gasteiger partial charge in [-0.2, -0.15) is 0 Å². The van der Waals surface area contributed by atoms with Crippen molar-refractivity contribution in [3.8, 4) is 0 Å². The summed E-state index contributed by atoms with van der Waals surface area (Å²) in [5, 5.41) is 19.2. The first-order chi connectivity index (χ1) is 11.5. The zero-order valence-corrected chi connectivity index (χ0v) is 18.1. The quantitative estimate of drug-likeness (QED) is 0.309. The highest BCUT2D eigenvalue weighted by atomic mass is 127. The largest absolute Gasteiger partial charge is 0.466 e. The topological polar surface area (TPSA) is 69.8 Å². The highest BCUT2D eigenvalue weighted by Crippen LogP contribution is 2.21. The van der Waals surface area contributed by atoms with Gasteiger partial charge in [0.05, 0.1) is 12.8 Å². The maximum absolute atomic E-state index is 10.5. The molecular weight excluding hydrogens is 449 g/mol. The van der Waals surface area contributed by atoms with Gasteiger partial charge in [-0.25, -0.2) is 4.99 Å². The standard InChI is InChI=1S/C18H27N3O2S.HI/c1-4-19-17(20-12-14(2)11-15-7-6-10-24-15)21-13-18(3,22)16-8-5-9-23-16;/h5-10,14,22H,4,11-13H2,1-3H3,(H2,19,20,21);1H. The van der Waals surface area contributed by atoms with Gasteiger partial charge in [0.15, 0.2) is 5.96 Å². The third kappa shape index (κ3) is 7.37. The monoisotopic (exact) mass is 477 g/mol. The maximum Gasteiger partial charge on any atom is 0.191 e. The van der Waals surface area contributed by atoms with Crippen LogP contribution in [0.3, 0.4) is 0 Å². The average molecular weight is 477 g/mol. The van der Waals surface area contributed by atoms with Crippen LogP contribution in [0.25, 0.3) is 0 Å². The predicted octanol–water partition coefficient (Wildman–Crippen LogP) is 3.60. The lowest BCUT2D eigenvalue weighted by Crippen LogP contribution is -2.40. The Morgan fingerprint density at radius 3 is 2.76 bits per heavy atom. The van der Waals surface area contributed by atoms with Crippen molar-refractivity contribution in [2.45, 2.75) is 32.8 Å². The van der Waals surface area contributed by atoms with Gasteiger partial charge in [0.1, 0.15) is 11.4 Å². The number of hydrogen-bond acceptors (Lipinski definition) is 4. The minimum absolute atomic E-state index is 0. The third-order valence-electron chi connectivity index (χ3n) is 3.69. The van der Waals surface area contributed by atoms with Crippen LogP contribution < -0.4 is 10.6 Å². The van der Waals surface area contributed by atoms with Crippen LogP contribution in [0.2, 0.25) is 0 Å². The lowest BCUT2D eigenvalue weighted by Gasteiger charge is -2.20. The lowest BCUT2D eigenvalue weighted by molar-refractivity contribution is 0.0437. The Kier molecular flexibility index (Phi) is 9.52. The number of furan rings is 1. The Hall–Kier alpha value is -1.06. The molecule has 2 aromatic heterocycles. The molecule has 0 bridgehead atoms. The summed E-state index contributed by atoms with van der Waals surface area (Å²) in [7, 11) is 0. The second kappa shape index (κ2) is 10.8. The minimum Gasteiger partial charge on any atom is -0.466 e. The van der Waals surface area contributed by atoms with E-state index in [1.54, 1.807) is 36.7 Å². The smallest absolute Gasteiger partial charge is 0.191 e. The Balaban J connectivity index is 0.00000312. The molecule has 0 spiro atoms. The fourth-order valence-electron chi connectivity index (χ4n) is 2.35. The Morgan fingerprint density at radius 1 is 1.36 bits per heavy atom. The van der Waals surface area contributed by atoms with Gasteiger partial charge in [0.25, 0.3) is 0 Å². The van der Waals surface area contributed by atoms with Crippen LogP contribution in [0, 0.1) is 5.92 Å². The van der Waals surface area contributed by atoms with E-state index in [1.165, 1.54) is 4.88 Å². The van der Waals surface area contributed by atoms with Crippen LogP contribution in [-0.4, -0.2) is 30.7 Å². The number of hydrogen-bond donors (Lipinski definition) is 3. The molecule has 25 heavy (non-hydrogen) atoms. The van der Waals surface area contributed by atoms with Crippen molar-refractivity contribution in [2.24, 2.45) is 10.9 Å². The lowest BCUT2D eigenvalue weighted by atomic mass is 10.0. The minimum atomic E-state index is -1.12. The molecule has 0 aliphatic rings. The van der Waals surface area contributed by atoms with Crippen molar-refractivity contribution >= 4 is 41.3 Å². The fourth-order valence-corrected chi connectivity index (χ4v) is 3.22. The van der Waals surface area contributed by atoms with E-state index in [1.807, 2.05) is 6.92 Å². The molecule has 0 aliphatic carbocycles. The summed E-state index contributed by atoms with van der Waals surface area (Å²) < 4.78 is 5.29. The fraction of sp³-hybridized carbons (Fsp3) is 0.500. The average Bonchev–Trinajstić information content (AvgIpc) is 3.23. The number of thiophene rings is 1. The molecule has 2 atom stereocenters. The summed E-state index contributed by atoms with van der Waals surface area (Å²) in [5.74, 6) is 1.73. The third-order valence-corrected chi connectivity index (χ3v) is 4.59. The number of guanidine groups is 1. The van der Waals surface area contributed by atoms with Crippen molar-refractivity contribution in [3.05, 3.63) is 46.5 Å². The predicted molar refractivity (Wildman–Crippen MR) is 115 cm³/mol. The first-order valence-corrected chi connectivity index (χ1v) is 9.20. The number of nitrogens with one attached hydrogen (secondary N) is 2. The molecule has 0 aromatic carbocycles. The Bertz CT molecular complexity index is 612. The summed E-state index contributed by atoms with van der Waals surface area (Å²) in [5.41, 5.74) is -1.12. The van der Waals surface area contributed by atoms with Crippen LogP contribution in [0.5, 0.6) is 0 Å². The van der Waals surface area contributed by atoms with Crippen LogP contribution in [0.4, 0.5) is 0 Å². The number of aliphatic hydroxyl groups is 1. The molecule has 0 aliphatic heterocycles. The molecule has 2 aromatic rings. The molecule has 2 rings (SSSR count). The maximum atomic E-state index is 10.5. The van der Waals surface area contributed by atoms with Gasteiger partial charge >= 0.3 is 0 Å². The van der Waals surface area contributed by atoms with Crippen molar-refractivity contribution in [1.29, 1.82) is 0 Å². The summed E-state index contributed by atoms with van der Waals surface area (Å²) in [4.78, 5) is 5.89. The van der Waals surface area contributed by atoms with Crippen LogP contribution in [0.1, 0.15) is 31.4 Å². The molecule has 0 saturated heterocycles. The zero-order valence-electron chi connectivity index (χ0n) is 15.0. The SMILES string of the molecule is CCNC(=NCC(C)(O)c1ccco1)NCC(C)Cc1cccs1.I. The van der Waals surface area contributed by atoms with Crippen molar-refractivity contribution < 1.29 is 9.52 Å². The van der Waals surface area contributed by atoms with Gasteiger partial charge in [-0.15, -0.1) is 35.3 Å². The molecular formula is C18H28IN3O2S. The first-order valence-electron chi connectivity index (χ1n) is 8.32. The van der Waals surface area contributed by atoms with E-state index in [2.05, 4.69) is 40.1 Å². The molecule has 140 valence electrons. The second-order valence-corrected chi connectivity index (χ2v) is 7.25. The molecule has 0 saturated carbocycles. The van der Waals surface area contributed by atoms with Gasteiger partial charge in [0.2, 0.25) is 0 Å². The summed E-state index contributed by atoms with van der Waals surface area (Å²) in [6.45, 7) is 7.78. The van der Waals surface area contributed by atoms with E-state index in [-0.39, 0.29) is 30.5 Å². The van der Waals surface area contributed by atoms with E-state index < -0.39 is 5.60 Å². The second-order valence-electron chi connectivity index (χ2n) is 6.22. The summed E-state index contributed by atoms with van der Waals surface area (Å²) in [6.07, 6.45) is 2.61. The van der Waals surface area contributed by atoms with Crippen LogP contribution in [0.15, 0.2) is 45.3 Å². The van der Waals surface area contributed by atoms with Crippen molar-refractivity contribution in [1.82, 2.24) is 10.6 Å². The van der Waals surface area contributed by atoms with Gasteiger partial charge in [-0.1, -0.05) is 13.0 Å². The van der Waals surface area contributed by atoms with Crippen molar-refractivity contribution in [3.63, 3.8) is 0 Å². The molecule has 2 heterocycles. The van der Waals surface area contributed by atoms with Crippen molar-refractivity contribution in [2.75, 3.05) is 19.6 Å². The van der Waals surface area contributed by atoms with Gasteiger partial charge in [0, 0.05) is 18.0 Å². The van der Waals surface area contributed by atoms with E-state index in [9.17, 15) is 5.11 Å². The van der Waals surface area contributed by atoms with Gasteiger partial charge < -0.3 is 20.2 Å². The molecule has 0 fully saturated rings. The van der Waals surface area contributed by atoms with E-state index in [0.29, 0.717) is 17.6 Å². The highest BCUT2D eigenvalue weighted by Gasteiger charge is 2.26. The molecule has 0 amide bonds. The highest BCUT2D eigenvalue weighted by molar-refractivity contribution is 14.0. The van der Waals surface area contributed by atoms with Gasteiger partial charge in [-0.05, 0) is 49.8 Å². The summed E-state index contributed by atoms with van der Waals surface area (Å²) >= 11 is 1.79. The zero-order chi connectivity index (χ0) is 17.4. The number of rotatable bonds is 8. The van der Waals surface area contributed by atoms with E-state index in [4.69, 9.17) is 4.42 Å². The number of halogens is 1. The molecule has 0 radical (unpaired) electrons. The van der Waals surface area contributed by atoms with Crippen LogP contribution >= 0.6 is 35.3 Å². The first kappa shape index (κ1) is 22.0. The molecule has 7 heteroatoms. The molecule has 3 N–H and O–H groups in total. The molecule has 5 nitrogen and oxygen atoms in total. The number of aliphatic imine (C=N–C) groups is 1. The Morgan fingerprint density at radius 2 is 2.16 bits per heavy atom. The van der Waals surface area contributed by atoms with E-state index in [0.717, 1.165) is 19.5 Å². The normalized spacial score (nSPS) is 15.1. The van der Waals surface area contributed by atoms with E-state index >= 15 is 0 Å². The van der Waals surface area contributed by atoms with Crippen LogP contribution in [-0.2, 0) is 12.0 Å².